The average molecular weight is 565 g/mol. The van der Waals surface area contributed by atoms with Crippen LogP contribution in [0.4, 0.5) is 15.8 Å². The van der Waals surface area contributed by atoms with Crippen LogP contribution in [-0.2, 0) is 28.9 Å². The van der Waals surface area contributed by atoms with Gasteiger partial charge in [-0.1, -0.05) is 18.2 Å². The molecule has 202 valence electrons. The molecule has 0 aromatic heterocycles. The lowest BCUT2D eigenvalue weighted by Crippen LogP contribution is -2.42. The zero-order chi connectivity index (χ0) is 23.2. The first-order chi connectivity index (χ1) is 16.0. The number of anilines is 2. The van der Waals surface area contributed by atoms with Gasteiger partial charge in [0, 0.05) is 57.1 Å². The van der Waals surface area contributed by atoms with Crippen LogP contribution in [0.3, 0.4) is 0 Å². The molecule has 6 nitrogen and oxygen atoms in total. The topological polar surface area (TPSA) is 65.0 Å². The van der Waals surface area contributed by atoms with E-state index in [1.54, 1.807) is 6.07 Å². The lowest BCUT2D eigenvalue weighted by molar-refractivity contribution is -0.136. The summed E-state index contributed by atoms with van der Waals surface area (Å²) in [6.07, 6.45) is 2.42. The van der Waals surface area contributed by atoms with E-state index in [1.165, 1.54) is 34.9 Å². The van der Waals surface area contributed by atoms with Crippen LogP contribution in [-0.4, -0.2) is 61.9 Å². The first kappa shape index (κ1) is 32.3. The minimum atomic E-state index is -0.918. The van der Waals surface area contributed by atoms with Gasteiger partial charge in [0.15, 0.2) is 0 Å². The zero-order valence-corrected chi connectivity index (χ0v) is 23.1. The van der Waals surface area contributed by atoms with E-state index < -0.39 is 5.97 Å². The van der Waals surface area contributed by atoms with Gasteiger partial charge in [-0.2, -0.15) is 0 Å². The van der Waals surface area contributed by atoms with Crippen molar-refractivity contribution in [1.82, 2.24) is 4.90 Å². The maximum Gasteiger partial charge on any atom is 0.303 e. The molecule has 2 aromatic rings. The molecule has 2 aromatic carbocycles. The van der Waals surface area contributed by atoms with Crippen LogP contribution < -0.4 is 10.2 Å². The second-order valence-corrected chi connectivity index (χ2v) is 8.96. The summed E-state index contributed by atoms with van der Waals surface area (Å²) in [5, 5.41) is 12.2. The summed E-state index contributed by atoms with van der Waals surface area (Å²) in [7, 11) is 0. The molecule has 2 heterocycles. The fraction of sp³-hybridized carbons (Fsp3) is 0.500. The van der Waals surface area contributed by atoms with Gasteiger partial charge >= 0.3 is 5.97 Å². The molecule has 36 heavy (non-hydrogen) atoms. The number of morpholine rings is 1. The number of nitrogens with one attached hydrogen (secondary N) is 1. The van der Waals surface area contributed by atoms with Gasteiger partial charge < -0.3 is 20.1 Å². The van der Waals surface area contributed by atoms with E-state index >= 15 is 0 Å². The molecule has 0 atom stereocenters. The molecule has 0 radical (unpaired) electrons. The van der Waals surface area contributed by atoms with Crippen LogP contribution in [0.2, 0.25) is 0 Å². The van der Waals surface area contributed by atoms with Crippen molar-refractivity contribution in [1.29, 1.82) is 0 Å². The SMILES string of the molecule is Cc1c(CNc2ccc(CCC(=O)O)c(F)c2)ccc2c1N(CCN1CCOCC1)CCC2.Cl.Cl.Cl. The molecule has 0 bridgehead atoms. The molecule has 2 aliphatic heterocycles. The van der Waals surface area contributed by atoms with Crippen molar-refractivity contribution in [3.05, 3.63) is 58.4 Å². The molecule has 4 rings (SSSR count). The number of hydrogen-bond acceptors (Lipinski definition) is 5. The minimum Gasteiger partial charge on any atom is -0.481 e. The molecule has 0 saturated carbocycles. The summed E-state index contributed by atoms with van der Waals surface area (Å²) in [5.41, 5.74) is 6.42. The summed E-state index contributed by atoms with van der Waals surface area (Å²) in [6, 6.07) is 9.38. The average Bonchev–Trinajstić information content (AvgIpc) is 2.82. The largest absolute Gasteiger partial charge is 0.481 e. The standard InChI is InChI=1S/C26H34FN3O3.3ClH/c1-19-22(18-28-23-8-6-20(24(27)17-23)7-9-25(31)32)5-4-21-3-2-10-30(26(19)21)12-11-29-13-15-33-16-14-29;;;/h4-6,8,17,28H,2-3,7,9-16,18H2,1H3,(H,31,32);3*1H. The second-order valence-electron chi connectivity index (χ2n) is 8.96. The summed E-state index contributed by atoms with van der Waals surface area (Å²) >= 11 is 0. The van der Waals surface area contributed by atoms with E-state index in [9.17, 15) is 9.18 Å². The number of halogens is 4. The van der Waals surface area contributed by atoms with Crippen LogP contribution in [0, 0.1) is 12.7 Å². The summed E-state index contributed by atoms with van der Waals surface area (Å²) < 4.78 is 19.8. The molecule has 0 amide bonds. The normalized spacial score (nSPS) is 15.1. The highest BCUT2D eigenvalue weighted by atomic mass is 35.5. The Morgan fingerprint density at radius 2 is 1.78 bits per heavy atom. The maximum absolute atomic E-state index is 14.4. The number of fused-ring (bicyclic) bond motifs is 1. The van der Waals surface area contributed by atoms with Crippen LogP contribution in [0.15, 0.2) is 30.3 Å². The third kappa shape index (κ3) is 8.38. The van der Waals surface area contributed by atoms with Crippen molar-refractivity contribution in [3.8, 4) is 0 Å². The number of carboxylic acids is 1. The Kier molecular flexibility index (Phi) is 13.9. The molecule has 1 fully saturated rings. The molecule has 2 aliphatic rings. The molecular formula is C26H37Cl3FN3O3. The number of aryl methyl sites for hydroxylation is 2. The zero-order valence-electron chi connectivity index (χ0n) is 20.6. The Balaban J connectivity index is 0.00000216. The third-order valence-electron chi connectivity index (χ3n) is 6.75. The van der Waals surface area contributed by atoms with E-state index in [4.69, 9.17) is 9.84 Å². The monoisotopic (exact) mass is 563 g/mol. The third-order valence-corrected chi connectivity index (χ3v) is 6.75. The Morgan fingerprint density at radius 3 is 2.47 bits per heavy atom. The predicted octanol–water partition coefficient (Wildman–Crippen LogP) is 5.11. The quantitative estimate of drug-likeness (QED) is 0.441. The van der Waals surface area contributed by atoms with Crippen LogP contribution in [0.25, 0.3) is 0 Å². The molecule has 0 unspecified atom stereocenters. The second kappa shape index (κ2) is 15.5. The fourth-order valence-electron chi connectivity index (χ4n) is 4.81. The van der Waals surface area contributed by atoms with Gasteiger partial charge in [0.1, 0.15) is 5.82 Å². The molecule has 1 saturated heterocycles. The predicted molar refractivity (Wildman–Crippen MR) is 150 cm³/mol. The Morgan fingerprint density at radius 1 is 1.06 bits per heavy atom. The van der Waals surface area contributed by atoms with Gasteiger partial charge in [-0.25, -0.2) is 4.39 Å². The van der Waals surface area contributed by atoms with E-state index in [0.717, 1.165) is 52.4 Å². The number of ether oxygens (including phenoxy) is 1. The fourth-order valence-corrected chi connectivity index (χ4v) is 4.81. The number of benzene rings is 2. The highest BCUT2D eigenvalue weighted by Crippen LogP contribution is 2.33. The van der Waals surface area contributed by atoms with E-state index in [-0.39, 0.29) is 55.9 Å². The van der Waals surface area contributed by atoms with Crippen molar-refractivity contribution in [2.75, 3.05) is 56.2 Å². The first-order valence-corrected chi connectivity index (χ1v) is 11.9. The number of hydrogen-bond donors (Lipinski definition) is 2. The van der Waals surface area contributed by atoms with Gasteiger partial charge in [-0.05, 0) is 60.6 Å². The molecular weight excluding hydrogens is 528 g/mol. The summed E-state index contributed by atoms with van der Waals surface area (Å²) in [6.45, 7) is 9.64. The Bertz CT molecular complexity index is 990. The molecule has 10 heteroatoms. The van der Waals surface area contributed by atoms with E-state index in [0.29, 0.717) is 17.8 Å². The van der Waals surface area contributed by atoms with Crippen LogP contribution in [0.5, 0.6) is 0 Å². The molecule has 0 aliphatic carbocycles. The van der Waals surface area contributed by atoms with Crippen molar-refractivity contribution in [3.63, 3.8) is 0 Å². The Hall–Kier alpha value is -1.77. The number of aliphatic carboxylic acids is 1. The van der Waals surface area contributed by atoms with Crippen LogP contribution >= 0.6 is 37.2 Å². The van der Waals surface area contributed by atoms with Gasteiger partial charge in [0.05, 0.1) is 13.2 Å². The smallest absolute Gasteiger partial charge is 0.303 e. The van der Waals surface area contributed by atoms with Crippen molar-refractivity contribution in [2.45, 2.75) is 39.2 Å². The van der Waals surface area contributed by atoms with Gasteiger partial charge in [0.2, 0.25) is 0 Å². The number of rotatable bonds is 9. The van der Waals surface area contributed by atoms with Crippen molar-refractivity contribution >= 4 is 54.6 Å². The lowest BCUT2D eigenvalue weighted by Gasteiger charge is -2.36. The van der Waals surface area contributed by atoms with E-state index in [1.807, 2.05) is 6.07 Å². The summed E-state index contributed by atoms with van der Waals surface area (Å²) in [4.78, 5) is 15.8. The van der Waals surface area contributed by atoms with Crippen molar-refractivity contribution < 1.29 is 19.0 Å². The van der Waals surface area contributed by atoms with E-state index in [2.05, 4.69) is 34.2 Å². The van der Waals surface area contributed by atoms with Crippen LogP contribution in [0.1, 0.15) is 35.1 Å². The Labute approximate surface area is 231 Å². The molecule has 2 N–H and O–H groups in total. The minimum absolute atomic E-state index is 0. The highest BCUT2D eigenvalue weighted by Gasteiger charge is 2.21. The highest BCUT2D eigenvalue weighted by molar-refractivity contribution is 5.86. The van der Waals surface area contributed by atoms with Gasteiger partial charge in [-0.15, -0.1) is 37.2 Å². The van der Waals surface area contributed by atoms with Gasteiger partial charge in [-0.3, -0.25) is 9.69 Å². The first-order valence-electron chi connectivity index (χ1n) is 11.9. The maximum atomic E-state index is 14.4. The molecule has 0 spiro atoms. The lowest BCUT2D eigenvalue weighted by atomic mass is 9.94. The van der Waals surface area contributed by atoms with Gasteiger partial charge in [0.25, 0.3) is 0 Å². The number of carbonyl (C=O) groups is 1. The summed E-state index contributed by atoms with van der Waals surface area (Å²) in [5.74, 6) is -1.28. The van der Waals surface area contributed by atoms with Crippen molar-refractivity contribution in [2.24, 2.45) is 0 Å². The number of nitrogens with zero attached hydrogens (tertiary/aromatic N) is 2. The number of carboxylic acid groups (broad SMARTS) is 1.